The third-order valence-electron chi connectivity index (χ3n) is 2.56. The van der Waals surface area contributed by atoms with Crippen LogP contribution in [0.15, 0.2) is 0 Å². The maximum absolute atomic E-state index is 12.2. The van der Waals surface area contributed by atoms with E-state index in [0.29, 0.717) is 6.42 Å². The highest BCUT2D eigenvalue weighted by Crippen LogP contribution is 2.21. The standard InChI is InChI=1S/C12H24N2O3S/c1-12(2,3)14(11(16)17)9(7-8-18-6)10(15)13(4)5/h9H,7-8H2,1-6H3,(H,16,17)/t9-/m0/s1. The lowest BCUT2D eigenvalue weighted by Gasteiger charge is -2.39. The van der Waals surface area contributed by atoms with Crippen molar-refractivity contribution in [3.8, 4) is 0 Å². The van der Waals surface area contributed by atoms with Gasteiger partial charge in [0, 0.05) is 19.6 Å². The third-order valence-corrected chi connectivity index (χ3v) is 3.21. The highest BCUT2D eigenvalue weighted by atomic mass is 32.2. The molecule has 0 aliphatic carbocycles. The highest BCUT2D eigenvalue weighted by molar-refractivity contribution is 7.98. The van der Waals surface area contributed by atoms with Gasteiger partial charge >= 0.3 is 6.09 Å². The molecule has 0 aromatic carbocycles. The van der Waals surface area contributed by atoms with Gasteiger partial charge in [0.05, 0.1) is 0 Å². The third kappa shape index (κ3) is 4.76. The van der Waals surface area contributed by atoms with E-state index in [1.807, 2.05) is 6.26 Å². The van der Waals surface area contributed by atoms with E-state index in [2.05, 4.69) is 0 Å². The van der Waals surface area contributed by atoms with Crippen LogP contribution in [0.25, 0.3) is 0 Å². The molecule has 0 spiro atoms. The van der Waals surface area contributed by atoms with Gasteiger partial charge in [-0.1, -0.05) is 0 Å². The smallest absolute Gasteiger partial charge is 0.408 e. The van der Waals surface area contributed by atoms with Gasteiger partial charge in [-0.15, -0.1) is 0 Å². The maximum atomic E-state index is 12.2. The quantitative estimate of drug-likeness (QED) is 0.834. The lowest BCUT2D eigenvalue weighted by atomic mass is 10.0. The molecule has 1 atom stereocenters. The van der Waals surface area contributed by atoms with Gasteiger partial charge in [-0.2, -0.15) is 11.8 Å². The van der Waals surface area contributed by atoms with E-state index in [-0.39, 0.29) is 5.91 Å². The Bertz CT molecular complexity index is 300. The molecular formula is C12H24N2O3S. The Labute approximate surface area is 114 Å². The predicted octanol–water partition coefficient (Wildman–Crippen LogP) is 1.97. The van der Waals surface area contributed by atoms with Crippen molar-refractivity contribution in [2.24, 2.45) is 0 Å². The minimum Gasteiger partial charge on any atom is -0.465 e. The van der Waals surface area contributed by atoms with Crippen molar-refractivity contribution in [3.05, 3.63) is 0 Å². The molecule has 6 heteroatoms. The lowest BCUT2D eigenvalue weighted by molar-refractivity contribution is -0.135. The number of likely N-dealkylation sites (N-methyl/N-ethyl adjacent to an activating group) is 1. The molecule has 0 aromatic rings. The van der Waals surface area contributed by atoms with Gasteiger partial charge < -0.3 is 10.0 Å². The Morgan fingerprint density at radius 1 is 1.28 bits per heavy atom. The largest absolute Gasteiger partial charge is 0.465 e. The summed E-state index contributed by atoms with van der Waals surface area (Å²) < 4.78 is 0. The minimum atomic E-state index is -1.05. The maximum Gasteiger partial charge on any atom is 0.408 e. The summed E-state index contributed by atoms with van der Waals surface area (Å²) in [7, 11) is 3.30. The van der Waals surface area contributed by atoms with Gasteiger partial charge in [0.1, 0.15) is 6.04 Å². The molecule has 0 saturated carbocycles. The van der Waals surface area contributed by atoms with Crippen LogP contribution in [-0.2, 0) is 4.79 Å². The zero-order valence-corrected chi connectivity index (χ0v) is 12.9. The van der Waals surface area contributed by atoms with E-state index < -0.39 is 17.7 Å². The molecule has 0 aromatic heterocycles. The Morgan fingerprint density at radius 2 is 1.78 bits per heavy atom. The van der Waals surface area contributed by atoms with Crippen molar-refractivity contribution in [3.63, 3.8) is 0 Å². The summed E-state index contributed by atoms with van der Waals surface area (Å²) in [6, 6.07) is -0.620. The van der Waals surface area contributed by atoms with Crippen molar-refractivity contribution in [1.29, 1.82) is 0 Å². The number of rotatable bonds is 5. The van der Waals surface area contributed by atoms with E-state index >= 15 is 0 Å². The van der Waals surface area contributed by atoms with E-state index in [1.54, 1.807) is 46.6 Å². The molecule has 0 heterocycles. The summed E-state index contributed by atoms with van der Waals surface area (Å²) in [6.07, 6.45) is 1.42. The van der Waals surface area contributed by atoms with Crippen molar-refractivity contribution in [1.82, 2.24) is 9.80 Å². The molecule has 0 unspecified atom stereocenters. The van der Waals surface area contributed by atoms with Crippen LogP contribution in [0.4, 0.5) is 4.79 Å². The predicted molar refractivity (Wildman–Crippen MR) is 75.1 cm³/mol. The Morgan fingerprint density at radius 3 is 2.06 bits per heavy atom. The van der Waals surface area contributed by atoms with Gasteiger partial charge in [-0.25, -0.2) is 4.79 Å². The fourth-order valence-corrected chi connectivity index (χ4v) is 2.24. The number of thioether (sulfide) groups is 1. The number of nitrogens with zero attached hydrogens (tertiary/aromatic N) is 2. The molecule has 0 saturated heterocycles. The average molecular weight is 276 g/mol. The van der Waals surface area contributed by atoms with Crippen LogP contribution in [0.1, 0.15) is 27.2 Å². The minimum absolute atomic E-state index is 0.165. The summed E-state index contributed by atoms with van der Waals surface area (Å²) in [5.41, 5.74) is -0.597. The number of carboxylic acid groups (broad SMARTS) is 1. The van der Waals surface area contributed by atoms with Crippen molar-refractivity contribution >= 4 is 23.8 Å². The van der Waals surface area contributed by atoms with Crippen molar-refractivity contribution in [2.75, 3.05) is 26.1 Å². The SMILES string of the molecule is CSCC[C@@H](C(=O)N(C)C)N(C(=O)O)C(C)(C)C. The highest BCUT2D eigenvalue weighted by Gasteiger charge is 2.37. The zero-order chi connectivity index (χ0) is 14.5. The normalized spacial score (nSPS) is 13.0. The first-order valence-corrected chi connectivity index (χ1v) is 7.24. The molecule has 0 aliphatic rings. The summed E-state index contributed by atoms with van der Waals surface area (Å²) >= 11 is 1.61. The van der Waals surface area contributed by atoms with Crippen LogP contribution in [0.5, 0.6) is 0 Å². The Kier molecular flexibility index (Phi) is 6.52. The van der Waals surface area contributed by atoms with Gasteiger partial charge in [-0.3, -0.25) is 9.69 Å². The fourth-order valence-electron chi connectivity index (χ4n) is 1.78. The summed E-state index contributed by atoms with van der Waals surface area (Å²) in [4.78, 5) is 26.3. The molecular weight excluding hydrogens is 252 g/mol. The topological polar surface area (TPSA) is 60.9 Å². The molecule has 2 amide bonds. The molecule has 0 bridgehead atoms. The second-order valence-corrected chi connectivity index (χ2v) is 6.34. The second-order valence-electron chi connectivity index (χ2n) is 5.35. The molecule has 0 radical (unpaired) electrons. The van der Waals surface area contributed by atoms with Crippen LogP contribution in [0, 0.1) is 0 Å². The van der Waals surface area contributed by atoms with Crippen LogP contribution in [0.2, 0.25) is 0 Å². The molecule has 18 heavy (non-hydrogen) atoms. The zero-order valence-electron chi connectivity index (χ0n) is 12.1. The Balaban J connectivity index is 5.24. The van der Waals surface area contributed by atoms with E-state index in [4.69, 9.17) is 0 Å². The number of carbonyl (C=O) groups is 2. The van der Waals surface area contributed by atoms with E-state index in [9.17, 15) is 14.7 Å². The molecule has 106 valence electrons. The van der Waals surface area contributed by atoms with E-state index in [1.165, 1.54) is 9.80 Å². The van der Waals surface area contributed by atoms with Gasteiger partial charge in [0.2, 0.25) is 5.91 Å². The first kappa shape index (κ1) is 17.1. The monoisotopic (exact) mass is 276 g/mol. The molecule has 0 fully saturated rings. The summed E-state index contributed by atoms with van der Waals surface area (Å²) in [5.74, 6) is 0.589. The first-order valence-electron chi connectivity index (χ1n) is 5.85. The molecule has 1 N–H and O–H groups in total. The number of amides is 2. The van der Waals surface area contributed by atoms with Crippen molar-refractivity contribution < 1.29 is 14.7 Å². The van der Waals surface area contributed by atoms with Gasteiger partial charge in [0.25, 0.3) is 0 Å². The van der Waals surface area contributed by atoms with Crippen LogP contribution < -0.4 is 0 Å². The lowest BCUT2D eigenvalue weighted by Crippen LogP contribution is -2.56. The average Bonchev–Trinajstić information content (AvgIpc) is 2.20. The van der Waals surface area contributed by atoms with Gasteiger partial charge in [0.15, 0.2) is 0 Å². The van der Waals surface area contributed by atoms with Crippen LogP contribution in [0.3, 0.4) is 0 Å². The van der Waals surface area contributed by atoms with Crippen LogP contribution in [-0.4, -0.2) is 64.6 Å². The second kappa shape index (κ2) is 6.87. The number of carbonyl (C=O) groups excluding carboxylic acids is 1. The molecule has 0 aliphatic heterocycles. The Hall–Kier alpha value is -0.910. The van der Waals surface area contributed by atoms with Crippen LogP contribution >= 0.6 is 11.8 Å². The van der Waals surface area contributed by atoms with E-state index in [0.717, 1.165) is 5.75 Å². The van der Waals surface area contributed by atoms with Crippen molar-refractivity contribution in [2.45, 2.75) is 38.8 Å². The summed E-state index contributed by atoms with van der Waals surface area (Å²) in [6.45, 7) is 5.41. The van der Waals surface area contributed by atoms with Gasteiger partial charge in [-0.05, 0) is 39.2 Å². The summed E-state index contributed by atoms with van der Waals surface area (Å²) in [5, 5.41) is 9.36. The number of hydrogen-bond donors (Lipinski definition) is 1. The molecule has 0 rings (SSSR count). The fraction of sp³-hybridized carbons (Fsp3) is 0.833. The molecule has 5 nitrogen and oxygen atoms in total. The number of hydrogen-bond acceptors (Lipinski definition) is 3. The first-order chi connectivity index (χ1) is 8.12.